The number of para-hydroxylation sites is 3. The molecule has 0 radical (unpaired) electrons. The second-order valence-corrected chi connectivity index (χ2v) is 14.6. The molecule has 0 bridgehead atoms. The topological polar surface area (TPSA) is 35.6 Å². The fourth-order valence-corrected chi connectivity index (χ4v) is 8.96. The minimum absolute atomic E-state index is 0.715. The number of fused-ring (bicyclic) bond motifs is 9. The maximum absolute atomic E-state index is 5.29. The van der Waals surface area contributed by atoms with Gasteiger partial charge in [-0.3, -0.25) is 0 Å². The summed E-state index contributed by atoms with van der Waals surface area (Å²) in [5.74, 6) is 0.715. The molecule has 0 spiro atoms. The standard InChI is InChI=1S/C52H32N4/c1-3-15-33(16-4-1)51-41-24-11-13-25-45(41)53-52(54-51)40-27-28-47(38-22-10-9-21-37(38)40)56-48-30-35-18-8-7-17-34(35)29-42(48)44-31-43-39-23-12-14-26-46(39)55(49(43)32-50(44)56)36-19-5-2-6-20-36/h1-32H. The van der Waals surface area contributed by atoms with E-state index < -0.39 is 0 Å². The van der Waals surface area contributed by atoms with Crippen molar-refractivity contribution in [2.75, 3.05) is 0 Å². The average Bonchev–Trinajstić information content (AvgIpc) is 3.75. The van der Waals surface area contributed by atoms with Gasteiger partial charge in [0.25, 0.3) is 0 Å². The van der Waals surface area contributed by atoms with Gasteiger partial charge < -0.3 is 9.13 Å². The molecule has 3 heterocycles. The highest BCUT2D eigenvalue weighted by molar-refractivity contribution is 6.21. The van der Waals surface area contributed by atoms with Crippen LogP contribution in [0.4, 0.5) is 0 Å². The van der Waals surface area contributed by atoms with Crippen LogP contribution in [0.2, 0.25) is 0 Å². The third-order valence-electron chi connectivity index (χ3n) is 11.5. The quantitative estimate of drug-likeness (QED) is 0.182. The molecule has 56 heavy (non-hydrogen) atoms. The van der Waals surface area contributed by atoms with Gasteiger partial charge in [0.05, 0.1) is 39.0 Å². The molecule has 0 fully saturated rings. The lowest BCUT2D eigenvalue weighted by Crippen LogP contribution is -1.99. The summed E-state index contributed by atoms with van der Waals surface area (Å²) in [6.07, 6.45) is 0. The first-order valence-electron chi connectivity index (χ1n) is 19.1. The summed E-state index contributed by atoms with van der Waals surface area (Å²) >= 11 is 0. The zero-order valence-electron chi connectivity index (χ0n) is 30.3. The van der Waals surface area contributed by atoms with E-state index in [0.717, 1.165) is 55.4 Å². The Kier molecular flexibility index (Phi) is 6.60. The largest absolute Gasteiger partial charge is 0.309 e. The van der Waals surface area contributed by atoms with E-state index in [1.165, 1.54) is 48.9 Å². The van der Waals surface area contributed by atoms with Crippen molar-refractivity contribution in [2.24, 2.45) is 0 Å². The van der Waals surface area contributed by atoms with E-state index in [9.17, 15) is 0 Å². The van der Waals surface area contributed by atoms with Gasteiger partial charge in [-0.05, 0) is 76.8 Å². The lowest BCUT2D eigenvalue weighted by Gasteiger charge is -2.16. The highest BCUT2D eigenvalue weighted by Gasteiger charge is 2.21. The third kappa shape index (κ3) is 4.53. The molecule has 4 heteroatoms. The predicted octanol–water partition coefficient (Wildman–Crippen LogP) is 13.5. The molecule has 9 aromatic carbocycles. The Bertz CT molecular complexity index is 3520. The molecule has 0 amide bonds. The van der Waals surface area contributed by atoms with E-state index in [0.29, 0.717) is 5.82 Å². The Morgan fingerprint density at radius 3 is 1.75 bits per heavy atom. The zero-order chi connectivity index (χ0) is 36.7. The Morgan fingerprint density at radius 2 is 0.929 bits per heavy atom. The zero-order valence-corrected chi connectivity index (χ0v) is 30.3. The summed E-state index contributed by atoms with van der Waals surface area (Å²) in [6, 6.07) is 69.7. The SMILES string of the molecule is c1ccc(-c2nc(-c3ccc(-n4c5cc6ccccc6cc5c5cc6c7ccccc7n(-c7ccccc7)c6cc54)c4ccccc34)nc3ccccc23)cc1. The molecular formula is C52H32N4. The van der Waals surface area contributed by atoms with Crippen LogP contribution in [0.15, 0.2) is 194 Å². The van der Waals surface area contributed by atoms with Gasteiger partial charge in [-0.15, -0.1) is 0 Å². The lowest BCUT2D eigenvalue weighted by atomic mass is 10.0. The Balaban J connectivity index is 1.18. The molecule has 0 saturated heterocycles. The summed E-state index contributed by atoms with van der Waals surface area (Å²) in [4.78, 5) is 10.5. The number of aromatic nitrogens is 4. The summed E-state index contributed by atoms with van der Waals surface area (Å²) in [7, 11) is 0. The van der Waals surface area contributed by atoms with Crippen LogP contribution in [0.1, 0.15) is 0 Å². The molecule has 260 valence electrons. The molecule has 0 saturated carbocycles. The van der Waals surface area contributed by atoms with Crippen LogP contribution in [0.3, 0.4) is 0 Å². The van der Waals surface area contributed by atoms with Crippen LogP contribution >= 0.6 is 0 Å². The van der Waals surface area contributed by atoms with E-state index in [1.807, 2.05) is 6.07 Å². The first-order valence-corrected chi connectivity index (χ1v) is 19.1. The highest BCUT2D eigenvalue weighted by atomic mass is 15.0. The van der Waals surface area contributed by atoms with Gasteiger partial charge in [0.15, 0.2) is 5.82 Å². The van der Waals surface area contributed by atoms with E-state index in [4.69, 9.17) is 9.97 Å². The van der Waals surface area contributed by atoms with Crippen molar-refractivity contribution in [3.05, 3.63) is 194 Å². The maximum Gasteiger partial charge on any atom is 0.161 e. The molecule has 3 aromatic heterocycles. The van der Waals surface area contributed by atoms with Gasteiger partial charge in [-0.1, -0.05) is 133 Å². The highest BCUT2D eigenvalue weighted by Crippen LogP contribution is 2.43. The van der Waals surface area contributed by atoms with E-state index in [-0.39, 0.29) is 0 Å². The number of rotatable bonds is 4. The monoisotopic (exact) mass is 712 g/mol. The van der Waals surface area contributed by atoms with Crippen LogP contribution in [-0.2, 0) is 0 Å². The van der Waals surface area contributed by atoms with Crippen LogP contribution in [0.25, 0.3) is 110 Å². The van der Waals surface area contributed by atoms with Gasteiger partial charge in [-0.2, -0.15) is 0 Å². The van der Waals surface area contributed by atoms with Crippen molar-refractivity contribution in [3.8, 4) is 34.0 Å². The molecule has 12 aromatic rings. The number of benzene rings is 9. The molecule has 0 unspecified atom stereocenters. The van der Waals surface area contributed by atoms with Gasteiger partial charge in [0.1, 0.15) is 0 Å². The average molecular weight is 713 g/mol. The maximum atomic E-state index is 5.29. The summed E-state index contributed by atoms with van der Waals surface area (Å²) in [5.41, 5.74) is 10.9. The molecule has 0 aliphatic heterocycles. The van der Waals surface area contributed by atoms with Crippen molar-refractivity contribution >= 4 is 76.1 Å². The Labute approximate surface area is 322 Å². The van der Waals surface area contributed by atoms with Crippen LogP contribution < -0.4 is 0 Å². The van der Waals surface area contributed by atoms with E-state index in [2.05, 4.69) is 197 Å². The fourth-order valence-electron chi connectivity index (χ4n) is 8.96. The van der Waals surface area contributed by atoms with Gasteiger partial charge in [-0.25, -0.2) is 9.97 Å². The van der Waals surface area contributed by atoms with Crippen LogP contribution in [0.5, 0.6) is 0 Å². The molecule has 0 aliphatic carbocycles. The molecule has 0 atom stereocenters. The first-order chi connectivity index (χ1) is 27.8. The van der Waals surface area contributed by atoms with Gasteiger partial charge in [0.2, 0.25) is 0 Å². The number of hydrogen-bond donors (Lipinski definition) is 0. The number of hydrogen-bond acceptors (Lipinski definition) is 2. The number of nitrogens with zero attached hydrogens (tertiary/aromatic N) is 4. The smallest absolute Gasteiger partial charge is 0.161 e. The van der Waals surface area contributed by atoms with Crippen LogP contribution in [-0.4, -0.2) is 19.1 Å². The van der Waals surface area contributed by atoms with Crippen molar-refractivity contribution in [3.63, 3.8) is 0 Å². The summed E-state index contributed by atoms with van der Waals surface area (Å²) in [5, 5.41) is 10.7. The van der Waals surface area contributed by atoms with Crippen LogP contribution in [0, 0.1) is 0 Å². The van der Waals surface area contributed by atoms with Gasteiger partial charge in [0, 0.05) is 49.1 Å². The second kappa shape index (κ2) is 12.0. The minimum Gasteiger partial charge on any atom is -0.309 e. The minimum atomic E-state index is 0.715. The van der Waals surface area contributed by atoms with E-state index >= 15 is 0 Å². The second-order valence-electron chi connectivity index (χ2n) is 14.6. The van der Waals surface area contributed by atoms with E-state index in [1.54, 1.807) is 0 Å². The summed E-state index contributed by atoms with van der Waals surface area (Å²) in [6.45, 7) is 0. The van der Waals surface area contributed by atoms with Crippen molar-refractivity contribution < 1.29 is 0 Å². The predicted molar refractivity (Wildman–Crippen MR) is 234 cm³/mol. The summed E-state index contributed by atoms with van der Waals surface area (Å²) < 4.78 is 4.89. The normalized spacial score (nSPS) is 11.9. The van der Waals surface area contributed by atoms with Crippen molar-refractivity contribution in [1.29, 1.82) is 0 Å². The van der Waals surface area contributed by atoms with Crippen molar-refractivity contribution in [1.82, 2.24) is 19.1 Å². The molecule has 0 N–H and O–H groups in total. The Hall–Kier alpha value is -7.56. The lowest BCUT2D eigenvalue weighted by molar-refractivity contribution is 1.17. The molecule has 0 aliphatic rings. The molecule has 4 nitrogen and oxygen atoms in total. The molecule has 12 rings (SSSR count). The van der Waals surface area contributed by atoms with Crippen molar-refractivity contribution in [2.45, 2.75) is 0 Å². The molecular weight excluding hydrogens is 681 g/mol. The Morgan fingerprint density at radius 1 is 0.339 bits per heavy atom. The first kappa shape index (κ1) is 30.9. The third-order valence-corrected chi connectivity index (χ3v) is 11.5. The van der Waals surface area contributed by atoms with Gasteiger partial charge >= 0.3 is 0 Å². The fraction of sp³-hybridized carbons (Fsp3) is 0.